The van der Waals surface area contributed by atoms with E-state index < -0.39 is 121 Å². The fraction of sp³-hybridized carbons (Fsp3) is 0.448. The summed E-state index contributed by atoms with van der Waals surface area (Å²) in [5, 5.41) is 113. The van der Waals surface area contributed by atoms with E-state index in [0.717, 1.165) is 13.0 Å². The molecule has 2 aromatic carbocycles. The molecular formula is C29H34O18. The second-order valence-corrected chi connectivity index (χ2v) is 10.6. The molecule has 2 aromatic rings. The van der Waals surface area contributed by atoms with Gasteiger partial charge >= 0.3 is 5.97 Å². The van der Waals surface area contributed by atoms with E-state index >= 15 is 0 Å². The van der Waals surface area contributed by atoms with Gasteiger partial charge in [-0.05, 0) is 30.7 Å². The summed E-state index contributed by atoms with van der Waals surface area (Å²) < 4.78 is 26.7. The van der Waals surface area contributed by atoms with Gasteiger partial charge in [-0.1, -0.05) is 12.1 Å². The first-order valence-corrected chi connectivity index (χ1v) is 14.0. The van der Waals surface area contributed by atoms with Crippen molar-refractivity contribution in [3.05, 3.63) is 41.5 Å². The van der Waals surface area contributed by atoms with Gasteiger partial charge < -0.3 is 79.9 Å². The third kappa shape index (κ3) is 7.35. The Morgan fingerprint density at radius 1 is 0.723 bits per heavy atom. The molecule has 2 heterocycles. The summed E-state index contributed by atoms with van der Waals surface area (Å²) in [4.78, 5) is 25.1. The molecule has 4 rings (SSSR count). The normalized spacial score (nSPS) is 31.0. The molecule has 18 heteroatoms. The number of carbonyl (C=O) groups is 2. The summed E-state index contributed by atoms with van der Waals surface area (Å²) in [5.41, 5.74) is -0.464. The first-order valence-electron chi connectivity index (χ1n) is 14.0. The summed E-state index contributed by atoms with van der Waals surface area (Å²) in [6.07, 6.45) is -16.5. The lowest BCUT2D eigenvalue weighted by Gasteiger charge is -2.41. The van der Waals surface area contributed by atoms with Crippen LogP contribution in [0.2, 0.25) is 0 Å². The molecule has 258 valence electrons. The lowest BCUT2D eigenvalue weighted by Crippen LogP contribution is -2.61. The number of hydrogen-bond acceptors (Lipinski definition) is 18. The van der Waals surface area contributed by atoms with Crippen LogP contribution < -0.4 is 9.47 Å². The number of carbonyl (C=O) groups excluding carboxylic acids is 2. The highest BCUT2D eigenvalue weighted by Crippen LogP contribution is 2.53. The van der Waals surface area contributed by atoms with Gasteiger partial charge in [0.25, 0.3) is 0 Å². The number of Topliss-reactive ketones (excluding diaryl/α,β-unsaturated/α-hetero) is 1. The number of benzene rings is 2. The first-order chi connectivity index (χ1) is 22.2. The third-order valence-electron chi connectivity index (χ3n) is 7.38. The van der Waals surface area contributed by atoms with Crippen molar-refractivity contribution in [3.8, 4) is 34.5 Å². The monoisotopic (exact) mass is 670 g/mol. The highest BCUT2D eigenvalue weighted by molar-refractivity contribution is 6.02. The van der Waals surface area contributed by atoms with E-state index in [1.807, 2.05) is 0 Å². The topological polar surface area (TPSA) is 303 Å². The standard InChI is InChI=1S/C29H34O18/c1-10(32)16-19(37)25(46-28-23(41)21(39)17(35)13(8-30)43-28)24(42)26(20(16)38)47-29-27(22(40)18(36)14(9-31)44-29)45-15(34)7-4-11-2-5-12(33)6-3-11/h2-7,13-14,17-18,21-23,27-31,33,35-42H,8-9H2,1H3/b7-4-/t13-,14-,17-,18-,21+,22+,23-,27-,28+,29+/m1/s1. The van der Waals surface area contributed by atoms with E-state index in [4.69, 9.17) is 23.7 Å². The fourth-order valence-corrected chi connectivity index (χ4v) is 4.82. The molecular weight excluding hydrogens is 636 g/mol. The Balaban J connectivity index is 1.70. The molecule has 47 heavy (non-hydrogen) atoms. The van der Waals surface area contributed by atoms with Crippen LogP contribution in [0.5, 0.6) is 34.5 Å². The van der Waals surface area contributed by atoms with Crippen molar-refractivity contribution in [2.75, 3.05) is 13.2 Å². The number of aromatic hydroxyl groups is 4. The van der Waals surface area contributed by atoms with Crippen LogP contribution in [0.1, 0.15) is 22.8 Å². The van der Waals surface area contributed by atoms with Crippen LogP contribution in [-0.4, -0.2) is 143 Å². The highest BCUT2D eigenvalue weighted by atomic mass is 16.7. The number of phenolic OH excluding ortho intramolecular Hbond substituents is 4. The zero-order valence-corrected chi connectivity index (χ0v) is 24.4. The number of hydrogen-bond donors (Lipinski definition) is 11. The van der Waals surface area contributed by atoms with E-state index in [1.54, 1.807) is 0 Å². The molecule has 2 saturated heterocycles. The van der Waals surface area contributed by atoms with Gasteiger partial charge in [-0.2, -0.15) is 0 Å². The SMILES string of the molecule is CC(=O)c1c(O)c(O[C@@H]2O[C@H](CO)[C@@H](O)[C@H](O)[C@H]2O)c(O)c(O[C@@H]2O[C@H](CO)[C@@H](O)[C@H](O)[C@H]2OC(=O)/C=C\c2ccc(O)cc2)c1O. The number of rotatable bonds is 10. The van der Waals surface area contributed by atoms with Crippen LogP contribution in [0, 0.1) is 0 Å². The molecule has 2 aliphatic rings. The number of aliphatic hydroxyl groups excluding tert-OH is 7. The number of aliphatic hydroxyl groups is 7. The third-order valence-corrected chi connectivity index (χ3v) is 7.38. The maximum absolute atomic E-state index is 12.7. The van der Waals surface area contributed by atoms with Gasteiger partial charge in [0.05, 0.1) is 13.2 Å². The lowest BCUT2D eigenvalue weighted by atomic mass is 9.99. The van der Waals surface area contributed by atoms with Gasteiger partial charge in [0.15, 0.2) is 23.4 Å². The van der Waals surface area contributed by atoms with Gasteiger partial charge in [-0.25, -0.2) is 4.79 Å². The first kappa shape index (κ1) is 35.6. The minimum absolute atomic E-state index is 0.0324. The molecule has 0 saturated carbocycles. The van der Waals surface area contributed by atoms with E-state index in [0.29, 0.717) is 5.56 Å². The van der Waals surface area contributed by atoms with Gasteiger partial charge in [0.1, 0.15) is 54.0 Å². The van der Waals surface area contributed by atoms with Gasteiger partial charge in [0.2, 0.25) is 29.8 Å². The Morgan fingerprint density at radius 2 is 1.23 bits per heavy atom. The van der Waals surface area contributed by atoms with Crippen molar-refractivity contribution < 1.29 is 89.4 Å². The second-order valence-electron chi connectivity index (χ2n) is 10.6. The van der Waals surface area contributed by atoms with Crippen molar-refractivity contribution in [2.45, 2.75) is 68.3 Å². The fourth-order valence-electron chi connectivity index (χ4n) is 4.82. The predicted molar refractivity (Wildman–Crippen MR) is 151 cm³/mol. The summed E-state index contributed by atoms with van der Waals surface area (Å²) in [7, 11) is 0. The lowest BCUT2D eigenvalue weighted by molar-refractivity contribution is -0.282. The average molecular weight is 671 g/mol. The molecule has 0 radical (unpaired) electrons. The van der Waals surface area contributed by atoms with Gasteiger partial charge in [0, 0.05) is 6.08 Å². The minimum atomic E-state index is -2.05. The Hall–Kier alpha value is -4.24. The van der Waals surface area contributed by atoms with Crippen LogP contribution >= 0.6 is 0 Å². The Kier molecular flexibility index (Phi) is 11.1. The van der Waals surface area contributed by atoms with Crippen LogP contribution in [0.3, 0.4) is 0 Å². The molecule has 2 aliphatic heterocycles. The predicted octanol–water partition coefficient (Wildman–Crippen LogP) is -2.67. The number of phenols is 4. The number of esters is 1. The molecule has 2 fully saturated rings. The largest absolute Gasteiger partial charge is 0.508 e. The van der Waals surface area contributed by atoms with E-state index in [2.05, 4.69) is 0 Å². The molecule has 0 amide bonds. The van der Waals surface area contributed by atoms with Crippen molar-refractivity contribution in [1.29, 1.82) is 0 Å². The van der Waals surface area contributed by atoms with Crippen molar-refractivity contribution in [1.82, 2.24) is 0 Å². The zero-order chi connectivity index (χ0) is 34.7. The quantitative estimate of drug-likeness (QED) is 0.0698. The molecule has 0 unspecified atom stereocenters. The Labute approximate surface area is 265 Å². The Morgan fingerprint density at radius 3 is 1.77 bits per heavy atom. The minimum Gasteiger partial charge on any atom is -0.508 e. The van der Waals surface area contributed by atoms with Crippen molar-refractivity contribution >= 4 is 17.8 Å². The van der Waals surface area contributed by atoms with E-state index in [9.17, 15) is 65.8 Å². The van der Waals surface area contributed by atoms with Crippen LogP contribution in [0.15, 0.2) is 30.3 Å². The maximum atomic E-state index is 12.7. The number of ketones is 1. The summed E-state index contributed by atoms with van der Waals surface area (Å²) in [6.45, 7) is -0.886. The van der Waals surface area contributed by atoms with E-state index in [1.165, 1.54) is 30.3 Å². The smallest absolute Gasteiger partial charge is 0.331 e. The molecule has 0 spiro atoms. The van der Waals surface area contributed by atoms with Crippen LogP contribution in [0.25, 0.3) is 6.08 Å². The summed E-state index contributed by atoms with van der Waals surface area (Å²) in [6, 6.07) is 5.62. The highest BCUT2D eigenvalue weighted by Gasteiger charge is 2.49. The molecule has 10 atom stereocenters. The van der Waals surface area contributed by atoms with Gasteiger partial charge in [-0.3, -0.25) is 4.79 Å². The molecule has 18 nitrogen and oxygen atoms in total. The second kappa shape index (κ2) is 14.7. The average Bonchev–Trinajstić information content (AvgIpc) is 3.03. The van der Waals surface area contributed by atoms with Crippen LogP contribution in [0.4, 0.5) is 0 Å². The molecule has 0 bridgehead atoms. The summed E-state index contributed by atoms with van der Waals surface area (Å²) >= 11 is 0. The Bertz CT molecular complexity index is 1460. The molecule has 0 aliphatic carbocycles. The van der Waals surface area contributed by atoms with Crippen molar-refractivity contribution in [2.24, 2.45) is 0 Å². The van der Waals surface area contributed by atoms with Crippen molar-refractivity contribution in [3.63, 3.8) is 0 Å². The summed E-state index contributed by atoms with van der Waals surface area (Å²) in [5.74, 6) is -8.04. The van der Waals surface area contributed by atoms with Gasteiger partial charge in [-0.15, -0.1) is 0 Å². The molecule has 0 aromatic heterocycles. The number of ether oxygens (including phenoxy) is 5. The van der Waals surface area contributed by atoms with Crippen LogP contribution in [-0.2, 0) is 19.0 Å². The molecule has 11 N–H and O–H groups in total. The maximum Gasteiger partial charge on any atom is 0.331 e. The zero-order valence-electron chi connectivity index (χ0n) is 24.4. The van der Waals surface area contributed by atoms with E-state index in [-0.39, 0.29) is 5.75 Å².